The Hall–Kier alpha value is -2.42. The third kappa shape index (κ3) is 6.17. The molecule has 0 atom stereocenters. The van der Waals surface area contributed by atoms with Crippen molar-refractivity contribution in [3.8, 4) is 11.8 Å². The number of nitrogens with one attached hydrogen (secondary N) is 1. The minimum Gasteiger partial charge on any atom is -0.487 e. The van der Waals surface area contributed by atoms with Gasteiger partial charge in [0.15, 0.2) is 0 Å². The standard InChI is InChI=1S/C27H17BrI2N2O2/c28-22-7-9-23(10-8-22)32-27(33)21(15-31)12-18-13-24(29)26(25(30)14-18)34-16-17-5-6-19-3-1-2-4-20(19)11-17/h1-14H,16H2,(H,32,33)/b21-12-. The van der Waals surface area contributed by atoms with Crippen molar-refractivity contribution >= 4 is 89.6 Å². The van der Waals surface area contributed by atoms with Crippen molar-refractivity contribution in [2.45, 2.75) is 6.61 Å². The van der Waals surface area contributed by atoms with Gasteiger partial charge < -0.3 is 10.1 Å². The van der Waals surface area contributed by atoms with E-state index in [1.807, 2.05) is 42.5 Å². The molecule has 1 N–H and O–H groups in total. The zero-order valence-electron chi connectivity index (χ0n) is 17.7. The zero-order chi connectivity index (χ0) is 24.1. The average molecular weight is 735 g/mol. The van der Waals surface area contributed by atoms with Crippen molar-refractivity contribution in [1.82, 2.24) is 0 Å². The number of hydrogen-bond donors (Lipinski definition) is 1. The smallest absolute Gasteiger partial charge is 0.266 e. The fourth-order valence-corrected chi connectivity index (χ4v) is 5.72. The number of fused-ring (bicyclic) bond motifs is 1. The van der Waals surface area contributed by atoms with Gasteiger partial charge in [0.1, 0.15) is 24.0 Å². The predicted octanol–water partition coefficient (Wildman–Crippen LogP) is 7.94. The van der Waals surface area contributed by atoms with E-state index in [0.717, 1.165) is 28.5 Å². The summed E-state index contributed by atoms with van der Waals surface area (Å²) >= 11 is 7.80. The number of carbonyl (C=O) groups excluding carboxylic acids is 1. The summed E-state index contributed by atoms with van der Waals surface area (Å²) in [7, 11) is 0. The maximum absolute atomic E-state index is 12.6. The molecule has 0 fully saturated rings. The van der Waals surface area contributed by atoms with E-state index in [1.54, 1.807) is 18.2 Å². The van der Waals surface area contributed by atoms with Gasteiger partial charge >= 0.3 is 0 Å². The molecule has 1 amide bonds. The molecule has 0 spiro atoms. The maximum Gasteiger partial charge on any atom is 0.266 e. The Morgan fingerprint density at radius 3 is 2.32 bits per heavy atom. The van der Waals surface area contributed by atoms with Gasteiger partial charge in [0.05, 0.1) is 7.14 Å². The van der Waals surface area contributed by atoms with Gasteiger partial charge in [0, 0.05) is 10.2 Å². The first-order valence-corrected chi connectivity index (χ1v) is 13.2. The van der Waals surface area contributed by atoms with E-state index in [1.165, 1.54) is 10.8 Å². The Bertz CT molecular complexity index is 1420. The van der Waals surface area contributed by atoms with Gasteiger partial charge in [-0.2, -0.15) is 5.26 Å². The number of carbonyl (C=O) groups is 1. The van der Waals surface area contributed by atoms with E-state index >= 15 is 0 Å². The first kappa shape index (κ1) is 24.7. The molecule has 0 unspecified atom stereocenters. The molecule has 0 saturated carbocycles. The highest BCUT2D eigenvalue weighted by Gasteiger charge is 2.13. The number of nitriles is 1. The minimum absolute atomic E-state index is 0.0272. The van der Waals surface area contributed by atoms with Crippen LogP contribution in [0.3, 0.4) is 0 Å². The highest BCUT2D eigenvalue weighted by atomic mass is 127. The van der Waals surface area contributed by atoms with Gasteiger partial charge in [0.25, 0.3) is 5.91 Å². The molecule has 4 rings (SSSR count). The van der Waals surface area contributed by atoms with Gasteiger partial charge in [-0.05, 0) is 116 Å². The van der Waals surface area contributed by atoms with Crippen LogP contribution < -0.4 is 10.1 Å². The van der Waals surface area contributed by atoms with Gasteiger partial charge in [-0.25, -0.2) is 0 Å². The monoisotopic (exact) mass is 734 g/mol. The fraction of sp³-hybridized carbons (Fsp3) is 0.0370. The second kappa shape index (κ2) is 11.3. The number of benzene rings is 4. The van der Waals surface area contributed by atoms with E-state index < -0.39 is 5.91 Å². The van der Waals surface area contributed by atoms with Crippen LogP contribution in [-0.2, 0) is 11.4 Å². The number of halogens is 3. The molecule has 0 radical (unpaired) electrons. The average Bonchev–Trinajstić information content (AvgIpc) is 2.83. The van der Waals surface area contributed by atoms with Crippen molar-refractivity contribution in [1.29, 1.82) is 5.26 Å². The van der Waals surface area contributed by atoms with E-state index in [-0.39, 0.29) is 5.57 Å². The Labute approximate surface area is 233 Å². The van der Waals surface area contributed by atoms with E-state index in [4.69, 9.17) is 4.74 Å². The summed E-state index contributed by atoms with van der Waals surface area (Å²) in [5.74, 6) is 0.329. The van der Waals surface area contributed by atoms with Crippen LogP contribution in [0.2, 0.25) is 0 Å². The zero-order valence-corrected chi connectivity index (χ0v) is 23.6. The topological polar surface area (TPSA) is 62.1 Å². The van der Waals surface area contributed by atoms with Gasteiger partial charge in [0.2, 0.25) is 0 Å². The molecule has 0 bridgehead atoms. The second-order valence-electron chi connectivity index (χ2n) is 7.41. The molecule has 0 aliphatic carbocycles. The van der Waals surface area contributed by atoms with Crippen LogP contribution in [0.25, 0.3) is 16.8 Å². The number of hydrogen-bond acceptors (Lipinski definition) is 3. The molecular formula is C27H17BrI2N2O2. The Balaban J connectivity index is 1.50. The first-order chi connectivity index (χ1) is 16.4. The Kier molecular flexibility index (Phi) is 8.24. The van der Waals surface area contributed by atoms with Crippen molar-refractivity contribution in [2.24, 2.45) is 0 Å². The minimum atomic E-state index is -0.452. The normalized spacial score (nSPS) is 11.2. The predicted molar refractivity (Wildman–Crippen MR) is 157 cm³/mol. The SMILES string of the molecule is N#C/C(=C/c1cc(I)c(OCc2ccc3ccccc3c2)c(I)c1)C(=O)Nc1ccc(Br)cc1. The molecule has 0 heterocycles. The molecule has 0 saturated heterocycles. The molecule has 4 aromatic carbocycles. The molecule has 168 valence electrons. The summed E-state index contributed by atoms with van der Waals surface area (Å²) in [6, 6.07) is 27.5. The lowest BCUT2D eigenvalue weighted by molar-refractivity contribution is -0.112. The molecule has 0 aliphatic heterocycles. The molecule has 0 aliphatic rings. The Morgan fingerprint density at radius 1 is 0.971 bits per heavy atom. The summed E-state index contributed by atoms with van der Waals surface area (Å²) in [5, 5.41) is 14.7. The summed E-state index contributed by atoms with van der Waals surface area (Å²) in [4.78, 5) is 12.6. The van der Waals surface area contributed by atoms with Gasteiger partial charge in [-0.1, -0.05) is 52.3 Å². The number of rotatable bonds is 6. The molecular weight excluding hydrogens is 718 g/mol. The maximum atomic E-state index is 12.6. The fourth-order valence-electron chi connectivity index (χ4n) is 3.33. The van der Waals surface area contributed by atoms with E-state index in [2.05, 4.69) is 96.8 Å². The number of ether oxygens (including phenoxy) is 1. The molecule has 4 aromatic rings. The lowest BCUT2D eigenvalue weighted by Crippen LogP contribution is -2.13. The van der Waals surface area contributed by atoms with Gasteiger partial charge in [-0.3, -0.25) is 4.79 Å². The van der Waals surface area contributed by atoms with Crippen molar-refractivity contribution in [3.63, 3.8) is 0 Å². The number of amides is 1. The van der Waals surface area contributed by atoms with Crippen LogP contribution in [-0.4, -0.2) is 5.91 Å². The van der Waals surface area contributed by atoms with Crippen LogP contribution in [0, 0.1) is 18.5 Å². The van der Waals surface area contributed by atoms with Crippen LogP contribution >= 0.6 is 61.1 Å². The third-order valence-corrected chi connectivity index (χ3v) is 7.13. The third-order valence-electron chi connectivity index (χ3n) is 5.00. The largest absolute Gasteiger partial charge is 0.487 e. The lowest BCUT2D eigenvalue weighted by atomic mass is 10.1. The lowest BCUT2D eigenvalue weighted by Gasteiger charge is -2.12. The van der Waals surface area contributed by atoms with Crippen molar-refractivity contribution in [2.75, 3.05) is 5.32 Å². The van der Waals surface area contributed by atoms with Crippen LogP contribution in [0.15, 0.2) is 88.9 Å². The van der Waals surface area contributed by atoms with Crippen LogP contribution in [0.4, 0.5) is 5.69 Å². The van der Waals surface area contributed by atoms with Crippen molar-refractivity contribution < 1.29 is 9.53 Å². The van der Waals surface area contributed by atoms with Gasteiger partial charge in [-0.15, -0.1) is 0 Å². The summed E-state index contributed by atoms with van der Waals surface area (Å²) in [5.41, 5.74) is 2.50. The Morgan fingerprint density at radius 2 is 1.65 bits per heavy atom. The second-order valence-corrected chi connectivity index (χ2v) is 10.7. The highest BCUT2D eigenvalue weighted by Crippen LogP contribution is 2.31. The molecule has 4 nitrogen and oxygen atoms in total. The van der Waals surface area contributed by atoms with Crippen molar-refractivity contribution in [3.05, 3.63) is 107 Å². The quantitative estimate of drug-likeness (QED) is 0.124. The summed E-state index contributed by atoms with van der Waals surface area (Å²) < 4.78 is 8.86. The summed E-state index contributed by atoms with van der Waals surface area (Å²) in [6.07, 6.45) is 1.59. The van der Waals surface area contributed by atoms with E-state index in [9.17, 15) is 10.1 Å². The van der Waals surface area contributed by atoms with E-state index in [0.29, 0.717) is 12.3 Å². The first-order valence-electron chi connectivity index (χ1n) is 10.2. The molecule has 34 heavy (non-hydrogen) atoms. The number of anilines is 1. The molecule has 7 heteroatoms. The van der Waals surface area contributed by atoms with Crippen LogP contribution in [0.5, 0.6) is 5.75 Å². The summed E-state index contributed by atoms with van der Waals surface area (Å²) in [6.45, 7) is 0.449. The van der Waals surface area contributed by atoms with Crippen LogP contribution in [0.1, 0.15) is 11.1 Å². The number of nitrogens with zero attached hydrogens (tertiary/aromatic N) is 1. The molecule has 0 aromatic heterocycles. The highest BCUT2D eigenvalue weighted by molar-refractivity contribution is 14.1.